The van der Waals surface area contributed by atoms with Crippen molar-refractivity contribution in [1.82, 2.24) is 4.90 Å². The normalized spacial score (nSPS) is 32.4. The van der Waals surface area contributed by atoms with Crippen LogP contribution in [0.15, 0.2) is 0 Å². The standard InChI is InChI=1S/C15H30N2O2/c1-4-17(11-14(2,3)10-16)13-5-7-19-15(9-13)6-8-18-12-15/h13H,4-12,16H2,1-3H3. The summed E-state index contributed by atoms with van der Waals surface area (Å²) in [4.78, 5) is 2.59. The highest BCUT2D eigenvalue weighted by Gasteiger charge is 2.42. The molecule has 0 saturated carbocycles. The molecule has 2 N–H and O–H groups in total. The van der Waals surface area contributed by atoms with E-state index in [4.69, 9.17) is 15.2 Å². The van der Waals surface area contributed by atoms with Crippen molar-refractivity contribution >= 4 is 0 Å². The lowest BCUT2D eigenvalue weighted by Crippen LogP contribution is -2.51. The zero-order valence-electron chi connectivity index (χ0n) is 12.8. The second-order valence-corrected chi connectivity index (χ2v) is 6.91. The molecule has 0 aliphatic carbocycles. The Bertz CT molecular complexity index is 288. The molecule has 2 atom stereocenters. The maximum absolute atomic E-state index is 6.03. The Hall–Kier alpha value is -0.160. The zero-order chi connectivity index (χ0) is 13.9. The van der Waals surface area contributed by atoms with Crippen LogP contribution in [-0.2, 0) is 9.47 Å². The van der Waals surface area contributed by atoms with Gasteiger partial charge in [-0.2, -0.15) is 0 Å². The molecule has 4 heteroatoms. The van der Waals surface area contributed by atoms with Crippen molar-refractivity contribution in [2.45, 2.75) is 51.7 Å². The van der Waals surface area contributed by atoms with E-state index < -0.39 is 0 Å². The fourth-order valence-corrected chi connectivity index (χ4v) is 3.29. The monoisotopic (exact) mass is 270 g/mol. The van der Waals surface area contributed by atoms with Gasteiger partial charge in [0.25, 0.3) is 0 Å². The second-order valence-electron chi connectivity index (χ2n) is 6.91. The molecule has 2 rings (SSSR count). The molecule has 2 unspecified atom stereocenters. The molecule has 2 aliphatic heterocycles. The molecule has 112 valence electrons. The Labute approximate surface area is 117 Å². The van der Waals surface area contributed by atoms with Gasteiger partial charge in [-0.25, -0.2) is 0 Å². The van der Waals surface area contributed by atoms with Crippen molar-refractivity contribution in [3.63, 3.8) is 0 Å². The van der Waals surface area contributed by atoms with E-state index in [2.05, 4.69) is 25.7 Å². The molecule has 2 fully saturated rings. The third-order valence-electron chi connectivity index (χ3n) is 4.64. The summed E-state index contributed by atoms with van der Waals surface area (Å²) in [5.41, 5.74) is 6.07. The first-order valence-corrected chi connectivity index (χ1v) is 7.66. The summed E-state index contributed by atoms with van der Waals surface area (Å²) < 4.78 is 11.6. The lowest BCUT2D eigenvalue weighted by Gasteiger charge is -2.44. The van der Waals surface area contributed by atoms with Gasteiger partial charge < -0.3 is 15.2 Å². The van der Waals surface area contributed by atoms with Crippen molar-refractivity contribution in [3.05, 3.63) is 0 Å². The molecule has 19 heavy (non-hydrogen) atoms. The largest absolute Gasteiger partial charge is 0.378 e. The molecule has 0 radical (unpaired) electrons. The van der Waals surface area contributed by atoms with E-state index in [-0.39, 0.29) is 11.0 Å². The number of nitrogens with two attached hydrogens (primary N) is 1. The first-order valence-electron chi connectivity index (χ1n) is 7.66. The smallest absolute Gasteiger partial charge is 0.0951 e. The SMILES string of the molecule is CCN(CC(C)(C)CN)C1CCOC2(CCOC2)C1. The van der Waals surface area contributed by atoms with Crippen molar-refractivity contribution in [2.24, 2.45) is 11.1 Å². The van der Waals surface area contributed by atoms with Gasteiger partial charge in [0.2, 0.25) is 0 Å². The number of rotatable bonds is 5. The molecular weight excluding hydrogens is 240 g/mol. The Morgan fingerprint density at radius 1 is 1.37 bits per heavy atom. The van der Waals surface area contributed by atoms with Gasteiger partial charge in [-0.3, -0.25) is 4.90 Å². The fourth-order valence-electron chi connectivity index (χ4n) is 3.29. The minimum absolute atomic E-state index is 0.00317. The Kier molecular flexibility index (Phi) is 4.88. The Balaban J connectivity index is 1.98. The highest BCUT2D eigenvalue weighted by molar-refractivity contribution is 4.94. The van der Waals surface area contributed by atoms with Crippen LogP contribution in [0.4, 0.5) is 0 Å². The van der Waals surface area contributed by atoms with E-state index in [0.717, 1.165) is 58.7 Å². The van der Waals surface area contributed by atoms with Gasteiger partial charge in [-0.15, -0.1) is 0 Å². The molecule has 2 aliphatic rings. The van der Waals surface area contributed by atoms with Gasteiger partial charge in [0.15, 0.2) is 0 Å². The molecular formula is C15H30N2O2. The van der Waals surface area contributed by atoms with Crippen LogP contribution in [0.25, 0.3) is 0 Å². The van der Waals surface area contributed by atoms with Gasteiger partial charge in [0.1, 0.15) is 0 Å². The van der Waals surface area contributed by atoms with Crippen LogP contribution in [0.5, 0.6) is 0 Å². The van der Waals surface area contributed by atoms with Crippen molar-refractivity contribution < 1.29 is 9.47 Å². The van der Waals surface area contributed by atoms with E-state index in [1.807, 2.05) is 0 Å². The van der Waals surface area contributed by atoms with Crippen molar-refractivity contribution in [2.75, 3.05) is 39.5 Å². The van der Waals surface area contributed by atoms with Gasteiger partial charge in [0, 0.05) is 32.2 Å². The van der Waals surface area contributed by atoms with Crippen LogP contribution in [0, 0.1) is 5.41 Å². The summed E-state index contributed by atoms with van der Waals surface area (Å²) in [5.74, 6) is 0. The molecule has 2 heterocycles. The summed E-state index contributed by atoms with van der Waals surface area (Å²) in [6, 6.07) is 0.617. The van der Waals surface area contributed by atoms with E-state index >= 15 is 0 Å². The van der Waals surface area contributed by atoms with Crippen LogP contribution in [-0.4, -0.2) is 56.0 Å². The zero-order valence-corrected chi connectivity index (χ0v) is 12.8. The highest BCUT2D eigenvalue weighted by Crippen LogP contribution is 2.35. The molecule has 0 aromatic carbocycles. The van der Waals surface area contributed by atoms with E-state index in [9.17, 15) is 0 Å². The topological polar surface area (TPSA) is 47.7 Å². The van der Waals surface area contributed by atoms with Crippen molar-refractivity contribution in [1.29, 1.82) is 0 Å². The Morgan fingerprint density at radius 3 is 2.74 bits per heavy atom. The molecule has 0 aromatic rings. The molecule has 0 bridgehead atoms. The van der Waals surface area contributed by atoms with E-state index in [0.29, 0.717) is 6.04 Å². The summed E-state index contributed by atoms with van der Waals surface area (Å²) in [5, 5.41) is 0. The lowest BCUT2D eigenvalue weighted by molar-refractivity contribution is -0.108. The average Bonchev–Trinajstić information content (AvgIpc) is 2.84. The first kappa shape index (κ1) is 15.2. The van der Waals surface area contributed by atoms with Gasteiger partial charge >= 0.3 is 0 Å². The van der Waals surface area contributed by atoms with E-state index in [1.54, 1.807) is 0 Å². The quantitative estimate of drug-likeness (QED) is 0.825. The van der Waals surface area contributed by atoms with Crippen LogP contribution in [0.3, 0.4) is 0 Å². The third kappa shape index (κ3) is 3.69. The second kappa shape index (κ2) is 6.08. The summed E-state index contributed by atoms with van der Waals surface area (Å²) in [6.45, 7) is 12.2. The Morgan fingerprint density at radius 2 is 2.16 bits per heavy atom. The minimum Gasteiger partial charge on any atom is -0.378 e. The predicted molar refractivity (Wildman–Crippen MR) is 77.2 cm³/mol. The number of nitrogens with zero attached hydrogens (tertiary/aromatic N) is 1. The number of hydrogen-bond acceptors (Lipinski definition) is 4. The predicted octanol–water partition coefficient (Wildman–Crippen LogP) is 1.63. The van der Waals surface area contributed by atoms with Crippen LogP contribution >= 0.6 is 0 Å². The van der Waals surface area contributed by atoms with Gasteiger partial charge in [0.05, 0.1) is 12.2 Å². The van der Waals surface area contributed by atoms with Crippen molar-refractivity contribution in [3.8, 4) is 0 Å². The third-order valence-corrected chi connectivity index (χ3v) is 4.64. The molecule has 0 amide bonds. The molecule has 1 spiro atoms. The molecule has 2 saturated heterocycles. The number of ether oxygens (including phenoxy) is 2. The maximum Gasteiger partial charge on any atom is 0.0951 e. The minimum atomic E-state index is 0.00317. The van der Waals surface area contributed by atoms with Crippen LogP contribution in [0.1, 0.15) is 40.0 Å². The number of hydrogen-bond donors (Lipinski definition) is 1. The highest BCUT2D eigenvalue weighted by atomic mass is 16.6. The summed E-state index contributed by atoms with van der Waals surface area (Å²) in [6.07, 6.45) is 3.30. The average molecular weight is 270 g/mol. The van der Waals surface area contributed by atoms with E-state index in [1.165, 1.54) is 0 Å². The van der Waals surface area contributed by atoms with Gasteiger partial charge in [-0.1, -0.05) is 20.8 Å². The fraction of sp³-hybridized carbons (Fsp3) is 1.00. The first-order chi connectivity index (χ1) is 9.00. The summed E-state index contributed by atoms with van der Waals surface area (Å²) in [7, 11) is 0. The maximum atomic E-state index is 6.03. The van der Waals surface area contributed by atoms with Crippen LogP contribution in [0.2, 0.25) is 0 Å². The lowest BCUT2D eigenvalue weighted by atomic mass is 9.86. The summed E-state index contributed by atoms with van der Waals surface area (Å²) >= 11 is 0. The molecule has 0 aromatic heterocycles. The molecule has 4 nitrogen and oxygen atoms in total. The van der Waals surface area contributed by atoms with Gasteiger partial charge in [-0.05, 0) is 31.3 Å². The van der Waals surface area contributed by atoms with Crippen LogP contribution < -0.4 is 5.73 Å².